The highest BCUT2D eigenvalue weighted by molar-refractivity contribution is 5.83. The zero-order chi connectivity index (χ0) is 17.9. The van der Waals surface area contributed by atoms with Gasteiger partial charge in [-0.2, -0.15) is 0 Å². The number of rotatable bonds is 5. The third-order valence-electron chi connectivity index (χ3n) is 4.97. The van der Waals surface area contributed by atoms with Crippen molar-refractivity contribution < 1.29 is 13.6 Å². The van der Waals surface area contributed by atoms with Crippen molar-refractivity contribution in [3.8, 4) is 0 Å². The molecule has 0 aromatic heterocycles. The molecule has 1 amide bonds. The fraction of sp³-hybridized carbons (Fsp3) is 0.632. The standard InChI is InChI=1S/C19H28F2N2O/c1-14(2)22(4)18(24)15(3)17-7-5-16(6-8-17)13-23-11-9-19(20,21)10-12-23/h5-8,14-15H,9-13H2,1-4H3. The number of carbonyl (C=O) groups is 1. The molecule has 3 nitrogen and oxygen atoms in total. The summed E-state index contributed by atoms with van der Waals surface area (Å²) in [7, 11) is 1.82. The van der Waals surface area contributed by atoms with E-state index < -0.39 is 5.92 Å². The van der Waals surface area contributed by atoms with Crippen LogP contribution < -0.4 is 0 Å². The molecular formula is C19H28F2N2O. The van der Waals surface area contributed by atoms with Crippen molar-refractivity contribution in [2.75, 3.05) is 20.1 Å². The lowest BCUT2D eigenvalue weighted by Gasteiger charge is -2.31. The van der Waals surface area contributed by atoms with Crippen LogP contribution in [0, 0.1) is 0 Å². The maximum absolute atomic E-state index is 13.2. The number of likely N-dealkylation sites (tertiary alicyclic amines) is 1. The smallest absolute Gasteiger partial charge is 0.250 e. The predicted molar refractivity (Wildman–Crippen MR) is 92.2 cm³/mol. The third kappa shape index (κ3) is 4.76. The Morgan fingerprint density at radius 1 is 1.17 bits per heavy atom. The lowest BCUT2D eigenvalue weighted by molar-refractivity contribution is -0.132. The third-order valence-corrected chi connectivity index (χ3v) is 4.97. The summed E-state index contributed by atoms with van der Waals surface area (Å²) in [4.78, 5) is 16.2. The van der Waals surface area contributed by atoms with Gasteiger partial charge in [0.05, 0.1) is 5.92 Å². The van der Waals surface area contributed by atoms with E-state index in [4.69, 9.17) is 0 Å². The van der Waals surface area contributed by atoms with Crippen molar-refractivity contribution in [1.82, 2.24) is 9.80 Å². The zero-order valence-corrected chi connectivity index (χ0v) is 15.1. The van der Waals surface area contributed by atoms with Crippen molar-refractivity contribution in [3.05, 3.63) is 35.4 Å². The fourth-order valence-corrected chi connectivity index (χ4v) is 2.91. The van der Waals surface area contributed by atoms with E-state index in [1.807, 2.05) is 52.1 Å². The summed E-state index contributed by atoms with van der Waals surface area (Å²) in [6.45, 7) is 7.46. The average Bonchev–Trinajstić information content (AvgIpc) is 2.55. The Morgan fingerprint density at radius 2 is 1.71 bits per heavy atom. The Kier molecular flexibility index (Phi) is 5.97. The molecule has 1 heterocycles. The molecule has 1 atom stereocenters. The lowest BCUT2D eigenvalue weighted by Crippen LogP contribution is -2.38. The van der Waals surface area contributed by atoms with E-state index in [0.29, 0.717) is 19.6 Å². The molecule has 1 aliphatic heterocycles. The number of benzene rings is 1. The van der Waals surface area contributed by atoms with Crippen molar-refractivity contribution in [2.45, 2.75) is 58.0 Å². The summed E-state index contributed by atoms with van der Waals surface area (Å²) in [5.41, 5.74) is 2.09. The van der Waals surface area contributed by atoms with Crippen LogP contribution in [0.15, 0.2) is 24.3 Å². The van der Waals surface area contributed by atoms with Gasteiger partial charge in [-0.1, -0.05) is 24.3 Å². The van der Waals surface area contributed by atoms with Crippen LogP contribution >= 0.6 is 0 Å². The number of nitrogens with zero attached hydrogens (tertiary/aromatic N) is 2. The Balaban J connectivity index is 1.94. The second-order valence-electron chi connectivity index (χ2n) is 7.14. The minimum atomic E-state index is -2.50. The van der Waals surface area contributed by atoms with Crippen LogP contribution in [0.2, 0.25) is 0 Å². The van der Waals surface area contributed by atoms with E-state index >= 15 is 0 Å². The normalized spacial score (nSPS) is 19.3. The van der Waals surface area contributed by atoms with E-state index in [1.165, 1.54) is 0 Å². The molecule has 1 aromatic carbocycles. The molecule has 1 unspecified atom stereocenters. The second kappa shape index (κ2) is 7.60. The molecule has 1 aromatic rings. The molecular weight excluding hydrogens is 310 g/mol. The van der Waals surface area contributed by atoms with Crippen LogP contribution in [-0.4, -0.2) is 47.8 Å². The molecule has 0 radical (unpaired) electrons. The summed E-state index contributed by atoms with van der Waals surface area (Å²) in [5.74, 6) is -2.57. The molecule has 0 N–H and O–H groups in total. The summed E-state index contributed by atoms with van der Waals surface area (Å²) in [6.07, 6.45) is -0.115. The van der Waals surface area contributed by atoms with E-state index in [0.717, 1.165) is 11.1 Å². The Morgan fingerprint density at radius 3 is 2.21 bits per heavy atom. The largest absolute Gasteiger partial charge is 0.343 e. The van der Waals surface area contributed by atoms with Gasteiger partial charge < -0.3 is 4.90 Å². The number of hydrogen-bond donors (Lipinski definition) is 0. The van der Waals surface area contributed by atoms with Crippen LogP contribution in [0.5, 0.6) is 0 Å². The Bertz CT molecular complexity index is 547. The number of alkyl halides is 2. The molecule has 24 heavy (non-hydrogen) atoms. The minimum Gasteiger partial charge on any atom is -0.343 e. The summed E-state index contributed by atoms with van der Waals surface area (Å²) in [6, 6.07) is 8.13. The average molecular weight is 338 g/mol. The quantitative estimate of drug-likeness (QED) is 0.813. The van der Waals surface area contributed by atoms with Gasteiger partial charge >= 0.3 is 0 Å². The van der Waals surface area contributed by atoms with Crippen LogP contribution in [0.1, 0.15) is 50.7 Å². The summed E-state index contributed by atoms with van der Waals surface area (Å²) in [5, 5.41) is 0. The fourth-order valence-electron chi connectivity index (χ4n) is 2.91. The summed E-state index contributed by atoms with van der Waals surface area (Å²) >= 11 is 0. The molecule has 0 bridgehead atoms. The Labute approximate surface area is 143 Å². The van der Waals surface area contributed by atoms with Gasteiger partial charge in [0.1, 0.15) is 0 Å². The van der Waals surface area contributed by atoms with Gasteiger partial charge in [0.25, 0.3) is 5.92 Å². The first-order chi connectivity index (χ1) is 11.2. The maximum Gasteiger partial charge on any atom is 0.250 e. The first-order valence-electron chi connectivity index (χ1n) is 8.65. The molecule has 1 fully saturated rings. The van der Waals surface area contributed by atoms with Gasteiger partial charge in [-0.25, -0.2) is 8.78 Å². The van der Waals surface area contributed by atoms with Gasteiger partial charge in [0.2, 0.25) is 5.91 Å². The number of piperidine rings is 1. The molecule has 0 saturated carbocycles. The SMILES string of the molecule is CC(C(=O)N(C)C(C)C)c1ccc(CN2CCC(F)(F)CC2)cc1. The van der Waals surface area contributed by atoms with Gasteiger partial charge in [0, 0.05) is 45.6 Å². The monoisotopic (exact) mass is 338 g/mol. The van der Waals surface area contributed by atoms with Crippen LogP contribution in [0.25, 0.3) is 0 Å². The highest BCUT2D eigenvalue weighted by atomic mass is 19.3. The highest BCUT2D eigenvalue weighted by Crippen LogP contribution is 2.28. The lowest BCUT2D eigenvalue weighted by atomic mass is 9.97. The number of likely N-dealkylation sites (N-methyl/N-ethyl adjacent to an activating group) is 1. The van der Waals surface area contributed by atoms with Crippen LogP contribution in [0.4, 0.5) is 8.78 Å². The number of amides is 1. The van der Waals surface area contributed by atoms with Crippen molar-refractivity contribution in [2.24, 2.45) is 0 Å². The summed E-state index contributed by atoms with van der Waals surface area (Å²) < 4.78 is 26.4. The van der Waals surface area contributed by atoms with Crippen molar-refractivity contribution in [1.29, 1.82) is 0 Å². The first-order valence-corrected chi connectivity index (χ1v) is 8.65. The van der Waals surface area contributed by atoms with Gasteiger partial charge in [-0.15, -0.1) is 0 Å². The van der Waals surface area contributed by atoms with Gasteiger partial charge in [0.15, 0.2) is 0 Å². The van der Waals surface area contributed by atoms with Crippen LogP contribution in [-0.2, 0) is 11.3 Å². The molecule has 0 spiro atoms. The van der Waals surface area contributed by atoms with Crippen molar-refractivity contribution >= 4 is 5.91 Å². The minimum absolute atomic E-state index is 0.0574. The van der Waals surface area contributed by atoms with E-state index in [2.05, 4.69) is 4.90 Å². The van der Waals surface area contributed by atoms with Gasteiger partial charge in [-0.05, 0) is 31.9 Å². The van der Waals surface area contributed by atoms with E-state index in [1.54, 1.807) is 4.90 Å². The number of hydrogen-bond acceptors (Lipinski definition) is 2. The topological polar surface area (TPSA) is 23.6 Å². The predicted octanol–water partition coefficient (Wildman–Crippen LogP) is 3.89. The highest BCUT2D eigenvalue weighted by Gasteiger charge is 2.33. The van der Waals surface area contributed by atoms with E-state index in [9.17, 15) is 13.6 Å². The Hall–Kier alpha value is -1.49. The molecule has 1 aliphatic rings. The first kappa shape index (κ1) is 18.8. The zero-order valence-electron chi connectivity index (χ0n) is 15.1. The van der Waals surface area contributed by atoms with Crippen molar-refractivity contribution in [3.63, 3.8) is 0 Å². The molecule has 0 aliphatic carbocycles. The second-order valence-corrected chi connectivity index (χ2v) is 7.14. The molecule has 134 valence electrons. The van der Waals surface area contributed by atoms with Gasteiger partial charge in [-0.3, -0.25) is 9.69 Å². The maximum atomic E-state index is 13.2. The number of carbonyl (C=O) groups excluding carboxylic acids is 1. The number of halogens is 2. The van der Waals surface area contributed by atoms with E-state index in [-0.39, 0.29) is 30.7 Å². The molecule has 2 rings (SSSR count). The molecule has 5 heteroatoms. The van der Waals surface area contributed by atoms with Crippen LogP contribution in [0.3, 0.4) is 0 Å². The molecule has 1 saturated heterocycles.